The SMILES string of the molecule is O=C(NC1Cc2cccc(/C=C/C(=O)N3CCOCC3)c2C1)c1ccc(F)cc1. The molecule has 1 heterocycles. The van der Waals surface area contributed by atoms with E-state index in [0.717, 1.165) is 17.5 Å². The Balaban J connectivity index is 1.42. The average Bonchev–Trinajstić information content (AvgIpc) is 3.16. The molecule has 1 aliphatic carbocycles. The minimum atomic E-state index is -0.363. The van der Waals surface area contributed by atoms with E-state index in [4.69, 9.17) is 4.74 Å². The zero-order valence-corrected chi connectivity index (χ0v) is 16.1. The second-order valence-corrected chi connectivity index (χ2v) is 7.34. The lowest BCUT2D eigenvalue weighted by atomic mass is 10.0. The molecule has 4 rings (SSSR count). The van der Waals surface area contributed by atoms with Crippen molar-refractivity contribution in [1.29, 1.82) is 0 Å². The first-order chi connectivity index (χ1) is 14.1. The number of fused-ring (bicyclic) bond motifs is 1. The zero-order chi connectivity index (χ0) is 20.2. The van der Waals surface area contributed by atoms with Crippen LogP contribution in [0.2, 0.25) is 0 Å². The van der Waals surface area contributed by atoms with Crippen molar-refractivity contribution in [3.63, 3.8) is 0 Å². The number of carbonyl (C=O) groups excluding carboxylic acids is 2. The van der Waals surface area contributed by atoms with Crippen LogP contribution >= 0.6 is 0 Å². The van der Waals surface area contributed by atoms with E-state index < -0.39 is 0 Å². The summed E-state index contributed by atoms with van der Waals surface area (Å²) in [7, 11) is 0. The first kappa shape index (κ1) is 19.3. The Morgan fingerprint density at radius 2 is 1.83 bits per heavy atom. The van der Waals surface area contributed by atoms with Crippen molar-refractivity contribution in [2.45, 2.75) is 18.9 Å². The Morgan fingerprint density at radius 3 is 2.59 bits per heavy atom. The van der Waals surface area contributed by atoms with E-state index in [1.165, 1.54) is 29.8 Å². The number of benzene rings is 2. The third-order valence-corrected chi connectivity index (χ3v) is 5.40. The molecule has 1 atom stereocenters. The van der Waals surface area contributed by atoms with Gasteiger partial charge in [-0.15, -0.1) is 0 Å². The van der Waals surface area contributed by atoms with Gasteiger partial charge in [-0.05, 0) is 59.9 Å². The molecular formula is C23H23FN2O3. The molecule has 0 spiro atoms. The van der Waals surface area contributed by atoms with Gasteiger partial charge in [0.25, 0.3) is 5.91 Å². The topological polar surface area (TPSA) is 58.6 Å². The van der Waals surface area contributed by atoms with Gasteiger partial charge >= 0.3 is 0 Å². The number of halogens is 1. The lowest BCUT2D eigenvalue weighted by molar-refractivity contribution is -0.129. The van der Waals surface area contributed by atoms with E-state index in [1.807, 2.05) is 18.2 Å². The number of morpholine rings is 1. The van der Waals surface area contributed by atoms with Crippen molar-refractivity contribution in [3.8, 4) is 0 Å². The molecule has 6 heteroatoms. The van der Waals surface area contributed by atoms with Crippen LogP contribution in [0.15, 0.2) is 48.5 Å². The van der Waals surface area contributed by atoms with Crippen LogP contribution in [0.3, 0.4) is 0 Å². The molecule has 5 nitrogen and oxygen atoms in total. The Labute approximate surface area is 169 Å². The van der Waals surface area contributed by atoms with Gasteiger partial charge in [-0.3, -0.25) is 9.59 Å². The molecule has 1 N–H and O–H groups in total. The van der Waals surface area contributed by atoms with Crippen LogP contribution in [-0.4, -0.2) is 49.1 Å². The number of nitrogens with zero attached hydrogens (tertiary/aromatic N) is 1. The number of amides is 2. The van der Waals surface area contributed by atoms with Crippen LogP contribution in [0.4, 0.5) is 4.39 Å². The minimum absolute atomic E-state index is 0.00920. The van der Waals surface area contributed by atoms with Crippen LogP contribution in [0, 0.1) is 5.82 Å². The van der Waals surface area contributed by atoms with Crippen LogP contribution in [-0.2, 0) is 22.4 Å². The number of carbonyl (C=O) groups is 2. The van der Waals surface area contributed by atoms with E-state index in [-0.39, 0.29) is 23.7 Å². The van der Waals surface area contributed by atoms with E-state index in [1.54, 1.807) is 11.0 Å². The molecule has 0 bridgehead atoms. The zero-order valence-electron chi connectivity index (χ0n) is 16.1. The lowest BCUT2D eigenvalue weighted by Crippen LogP contribution is -2.39. The summed E-state index contributed by atoms with van der Waals surface area (Å²) >= 11 is 0. The quantitative estimate of drug-likeness (QED) is 0.811. The maximum Gasteiger partial charge on any atom is 0.251 e. The summed E-state index contributed by atoms with van der Waals surface area (Å²) in [5.41, 5.74) is 3.78. The van der Waals surface area contributed by atoms with E-state index in [0.29, 0.717) is 38.3 Å². The van der Waals surface area contributed by atoms with Crippen molar-refractivity contribution < 1.29 is 18.7 Å². The lowest BCUT2D eigenvalue weighted by Gasteiger charge is -2.25. The summed E-state index contributed by atoms with van der Waals surface area (Å²) in [5.74, 6) is -0.578. The highest BCUT2D eigenvalue weighted by Crippen LogP contribution is 2.27. The first-order valence-electron chi connectivity index (χ1n) is 9.82. The van der Waals surface area contributed by atoms with Crippen molar-refractivity contribution in [2.24, 2.45) is 0 Å². The Kier molecular flexibility index (Phi) is 5.71. The molecule has 0 aromatic heterocycles. The smallest absolute Gasteiger partial charge is 0.251 e. The van der Waals surface area contributed by atoms with Gasteiger partial charge in [0.2, 0.25) is 5.91 Å². The number of hydrogen-bond donors (Lipinski definition) is 1. The molecule has 150 valence electrons. The maximum absolute atomic E-state index is 13.1. The van der Waals surface area contributed by atoms with Crippen molar-refractivity contribution in [1.82, 2.24) is 10.2 Å². The summed E-state index contributed by atoms with van der Waals surface area (Å²) in [6.07, 6.45) is 4.92. The molecule has 0 saturated carbocycles. The van der Waals surface area contributed by atoms with Gasteiger partial charge in [-0.2, -0.15) is 0 Å². The highest BCUT2D eigenvalue weighted by Gasteiger charge is 2.25. The number of ether oxygens (including phenoxy) is 1. The summed E-state index contributed by atoms with van der Waals surface area (Å²) in [4.78, 5) is 26.6. The first-order valence-corrected chi connectivity index (χ1v) is 9.82. The Hall–Kier alpha value is -2.99. The fraction of sp³-hybridized carbons (Fsp3) is 0.304. The second kappa shape index (κ2) is 8.57. The van der Waals surface area contributed by atoms with E-state index in [9.17, 15) is 14.0 Å². The van der Waals surface area contributed by atoms with Gasteiger partial charge in [-0.25, -0.2) is 4.39 Å². The van der Waals surface area contributed by atoms with Crippen molar-refractivity contribution in [2.75, 3.05) is 26.3 Å². The van der Waals surface area contributed by atoms with Gasteiger partial charge < -0.3 is 15.0 Å². The van der Waals surface area contributed by atoms with Crippen LogP contribution in [0.1, 0.15) is 27.0 Å². The number of hydrogen-bond acceptors (Lipinski definition) is 3. The predicted octanol–water partition coefficient (Wildman–Crippen LogP) is 2.59. The fourth-order valence-electron chi connectivity index (χ4n) is 3.86. The molecule has 2 amide bonds. The van der Waals surface area contributed by atoms with Crippen LogP contribution in [0.5, 0.6) is 0 Å². The normalized spacial score (nSPS) is 18.7. The molecule has 29 heavy (non-hydrogen) atoms. The van der Waals surface area contributed by atoms with Gasteiger partial charge in [0, 0.05) is 30.8 Å². The van der Waals surface area contributed by atoms with Crippen molar-refractivity contribution in [3.05, 3.63) is 76.6 Å². The monoisotopic (exact) mass is 394 g/mol. The van der Waals surface area contributed by atoms with Gasteiger partial charge in [0.15, 0.2) is 0 Å². The molecular weight excluding hydrogens is 371 g/mol. The Morgan fingerprint density at radius 1 is 1.07 bits per heavy atom. The standard InChI is InChI=1S/C23H23FN2O3/c24-19-7-4-17(5-8-19)23(28)25-20-14-18-3-1-2-16(21(18)15-20)6-9-22(27)26-10-12-29-13-11-26/h1-9,20H,10-15H2,(H,25,28)/b9-6+. The summed E-state index contributed by atoms with van der Waals surface area (Å²) in [5, 5.41) is 3.03. The third kappa shape index (κ3) is 4.54. The highest BCUT2D eigenvalue weighted by molar-refractivity contribution is 5.94. The largest absolute Gasteiger partial charge is 0.378 e. The maximum atomic E-state index is 13.1. The minimum Gasteiger partial charge on any atom is -0.378 e. The highest BCUT2D eigenvalue weighted by atomic mass is 19.1. The van der Waals surface area contributed by atoms with E-state index >= 15 is 0 Å². The molecule has 0 radical (unpaired) electrons. The molecule has 1 unspecified atom stereocenters. The summed E-state index contributed by atoms with van der Waals surface area (Å²) < 4.78 is 18.3. The molecule has 1 aliphatic heterocycles. The van der Waals surface area contributed by atoms with E-state index in [2.05, 4.69) is 11.4 Å². The van der Waals surface area contributed by atoms with Crippen LogP contribution in [0.25, 0.3) is 6.08 Å². The second-order valence-electron chi connectivity index (χ2n) is 7.34. The van der Waals surface area contributed by atoms with Crippen molar-refractivity contribution >= 4 is 17.9 Å². The Bertz CT molecular complexity index is 934. The molecule has 2 aromatic carbocycles. The average molecular weight is 394 g/mol. The van der Waals surface area contributed by atoms with Crippen LogP contribution < -0.4 is 5.32 Å². The predicted molar refractivity (Wildman–Crippen MR) is 108 cm³/mol. The molecule has 2 aromatic rings. The summed E-state index contributed by atoms with van der Waals surface area (Å²) in [6, 6.07) is 11.5. The molecule has 1 saturated heterocycles. The summed E-state index contributed by atoms with van der Waals surface area (Å²) in [6.45, 7) is 2.40. The fourth-order valence-corrected chi connectivity index (χ4v) is 3.86. The van der Waals surface area contributed by atoms with Gasteiger partial charge in [0.05, 0.1) is 13.2 Å². The van der Waals surface area contributed by atoms with Gasteiger partial charge in [-0.1, -0.05) is 18.2 Å². The number of rotatable bonds is 4. The van der Waals surface area contributed by atoms with Gasteiger partial charge in [0.1, 0.15) is 5.82 Å². The molecule has 2 aliphatic rings. The number of nitrogens with one attached hydrogen (secondary N) is 1. The third-order valence-electron chi connectivity index (χ3n) is 5.40. The molecule has 1 fully saturated rings.